The quantitative estimate of drug-likeness (QED) is 0.249. The zero-order valence-corrected chi connectivity index (χ0v) is 20.3. The number of nitrogens with one attached hydrogen (secondary N) is 1. The van der Waals surface area contributed by atoms with Gasteiger partial charge in [-0.1, -0.05) is 32.5 Å². The lowest BCUT2D eigenvalue weighted by Crippen LogP contribution is -2.28. The van der Waals surface area contributed by atoms with Gasteiger partial charge in [0.15, 0.2) is 0 Å². The number of anilines is 1. The number of halogens is 6. The Morgan fingerprint density at radius 1 is 0.941 bits per heavy atom. The molecule has 1 heterocycles. The molecule has 1 aliphatic rings. The molecule has 188 valence electrons. The van der Waals surface area contributed by atoms with Gasteiger partial charge in [0.05, 0.1) is 5.69 Å². The summed E-state index contributed by atoms with van der Waals surface area (Å²) in [6.07, 6.45) is 0.478. The van der Waals surface area contributed by atoms with Crippen LogP contribution in [0.15, 0.2) is 40.1 Å². The molecule has 2 aromatic carbocycles. The minimum Gasteiger partial charge on any atom is -0.435 e. The molecule has 3 rings (SSSR count). The maximum absolute atomic E-state index is 12.9. The Hall–Kier alpha value is -1.88. The average molecular weight is 526 g/mol. The minimum absolute atomic E-state index is 0.0102. The van der Waals surface area contributed by atoms with Gasteiger partial charge in [0.25, 0.3) is 5.76 Å². The Bertz CT molecular complexity index is 977. The van der Waals surface area contributed by atoms with E-state index in [0.717, 1.165) is 4.90 Å². The molecule has 0 saturated heterocycles. The molecule has 0 radical (unpaired) electrons. The summed E-state index contributed by atoms with van der Waals surface area (Å²) < 4.78 is 86.6. The summed E-state index contributed by atoms with van der Waals surface area (Å²) >= 11 is 1.89. The molecule has 2 atom stereocenters. The molecule has 2 unspecified atom stereocenters. The lowest BCUT2D eigenvalue weighted by molar-refractivity contribution is -0.0512. The predicted molar refractivity (Wildman–Crippen MR) is 123 cm³/mol. The molecule has 0 aliphatic carbocycles. The third-order valence-corrected chi connectivity index (χ3v) is 7.26. The first-order valence-corrected chi connectivity index (χ1v) is 12.5. The van der Waals surface area contributed by atoms with Gasteiger partial charge in [0.2, 0.25) is 0 Å². The number of benzene rings is 2. The number of fused-ring (bicyclic) bond motifs is 1. The highest BCUT2D eigenvalue weighted by molar-refractivity contribution is 7.99. The second-order valence-corrected chi connectivity index (χ2v) is 10.3. The molecule has 2 aromatic rings. The molecule has 0 amide bonds. The van der Waals surface area contributed by atoms with Crippen LogP contribution < -0.4 is 14.8 Å². The molecule has 11 heteroatoms. The van der Waals surface area contributed by atoms with Crippen LogP contribution in [0, 0.1) is 0 Å². The van der Waals surface area contributed by atoms with Crippen molar-refractivity contribution in [1.82, 2.24) is 0 Å². The molecule has 0 bridgehead atoms. The Balaban J connectivity index is 1.81. The summed E-state index contributed by atoms with van der Waals surface area (Å²) in [6.45, 7) is -0.400. The highest BCUT2D eigenvalue weighted by Gasteiger charge is 2.26. The molecule has 3 nitrogen and oxygen atoms in total. The molecule has 0 saturated carbocycles. The van der Waals surface area contributed by atoms with E-state index in [9.17, 15) is 26.3 Å². The summed E-state index contributed by atoms with van der Waals surface area (Å²) in [4.78, 5) is 1.16. The summed E-state index contributed by atoms with van der Waals surface area (Å²) in [5.41, 5.74) is 1.74. The van der Waals surface area contributed by atoms with E-state index in [-0.39, 0.29) is 34.3 Å². The standard InChI is InChI=1S/C23H25F6NO2S2/c1-11(2)15-8-20-17(9-19(15)32-22(26)27)30-13(10-33-20)6-12(3)16-7-14(34-23(28)29)4-5-18(16)31-21(24)25/h4-5,7-9,11-13,21-23,30H,6,10H2,1-3H3. The van der Waals surface area contributed by atoms with Crippen LogP contribution in [0.4, 0.5) is 32.0 Å². The number of rotatable bonds is 10. The minimum atomic E-state index is -3.04. The summed E-state index contributed by atoms with van der Waals surface area (Å²) in [7, 11) is 0. The summed E-state index contributed by atoms with van der Waals surface area (Å²) in [5.74, 6) is -2.25. The molecule has 1 aliphatic heterocycles. The summed E-state index contributed by atoms with van der Waals surface area (Å²) in [6, 6.07) is 7.34. The zero-order chi connectivity index (χ0) is 25.0. The predicted octanol–water partition coefficient (Wildman–Crippen LogP) is 8.41. The molecule has 34 heavy (non-hydrogen) atoms. The Morgan fingerprint density at radius 2 is 1.62 bits per heavy atom. The van der Waals surface area contributed by atoms with E-state index < -0.39 is 19.0 Å². The average Bonchev–Trinajstić information content (AvgIpc) is 2.72. The molecule has 0 aromatic heterocycles. The van der Waals surface area contributed by atoms with Crippen LogP contribution >= 0.6 is 23.5 Å². The fourth-order valence-corrected chi connectivity index (χ4v) is 5.51. The largest absolute Gasteiger partial charge is 0.435 e. The second-order valence-electron chi connectivity index (χ2n) is 8.17. The van der Waals surface area contributed by atoms with Crippen molar-refractivity contribution in [1.29, 1.82) is 0 Å². The Kier molecular flexibility index (Phi) is 9.20. The van der Waals surface area contributed by atoms with Crippen LogP contribution in [0.25, 0.3) is 0 Å². The SMILES string of the molecule is CC(C)c1cc2c(cc1OC(F)F)NC(CC(C)c1cc(SC(F)F)ccc1OC(F)F)CS2. The van der Waals surface area contributed by atoms with E-state index in [0.29, 0.717) is 40.7 Å². The maximum Gasteiger partial charge on any atom is 0.387 e. The molecular formula is C23H25F6NO2S2. The van der Waals surface area contributed by atoms with Crippen LogP contribution in [0.1, 0.15) is 50.2 Å². The van der Waals surface area contributed by atoms with Crippen molar-refractivity contribution in [2.45, 2.75) is 73.8 Å². The van der Waals surface area contributed by atoms with Gasteiger partial charge < -0.3 is 14.8 Å². The van der Waals surface area contributed by atoms with Crippen molar-refractivity contribution < 1.29 is 35.8 Å². The first kappa shape index (κ1) is 26.7. The lowest BCUT2D eigenvalue weighted by atomic mass is 9.93. The first-order valence-electron chi connectivity index (χ1n) is 10.6. The number of alkyl halides is 6. The topological polar surface area (TPSA) is 30.5 Å². The van der Waals surface area contributed by atoms with Crippen molar-refractivity contribution in [3.63, 3.8) is 0 Å². The number of thioether (sulfide) groups is 2. The molecule has 0 spiro atoms. The van der Waals surface area contributed by atoms with Gasteiger partial charge in [-0.15, -0.1) is 11.8 Å². The lowest BCUT2D eigenvalue weighted by Gasteiger charge is -2.30. The zero-order valence-electron chi connectivity index (χ0n) is 18.7. The van der Waals surface area contributed by atoms with Crippen molar-refractivity contribution in [2.75, 3.05) is 11.1 Å². The van der Waals surface area contributed by atoms with Crippen LogP contribution in [-0.2, 0) is 0 Å². The van der Waals surface area contributed by atoms with Crippen LogP contribution in [0.2, 0.25) is 0 Å². The van der Waals surface area contributed by atoms with Gasteiger partial charge in [-0.3, -0.25) is 0 Å². The number of hydrogen-bond acceptors (Lipinski definition) is 5. The fourth-order valence-electron chi connectivity index (χ4n) is 3.88. The van der Waals surface area contributed by atoms with E-state index in [1.807, 2.05) is 19.9 Å². The van der Waals surface area contributed by atoms with Crippen LogP contribution in [0.3, 0.4) is 0 Å². The third kappa shape index (κ3) is 7.07. The van der Waals surface area contributed by atoms with Gasteiger partial charge in [-0.25, -0.2) is 0 Å². The Morgan fingerprint density at radius 3 is 2.24 bits per heavy atom. The van der Waals surface area contributed by atoms with Crippen molar-refractivity contribution in [3.05, 3.63) is 41.5 Å². The number of ether oxygens (including phenoxy) is 2. The van der Waals surface area contributed by atoms with E-state index in [1.54, 1.807) is 24.8 Å². The Labute approximate surface area is 203 Å². The number of hydrogen-bond donors (Lipinski definition) is 1. The molecular weight excluding hydrogens is 500 g/mol. The smallest absolute Gasteiger partial charge is 0.387 e. The van der Waals surface area contributed by atoms with E-state index >= 15 is 0 Å². The highest BCUT2D eigenvalue weighted by Crippen LogP contribution is 2.43. The van der Waals surface area contributed by atoms with E-state index in [1.165, 1.54) is 18.2 Å². The van der Waals surface area contributed by atoms with Gasteiger partial charge >= 0.3 is 13.2 Å². The van der Waals surface area contributed by atoms with Gasteiger partial charge in [-0.2, -0.15) is 26.3 Å². The fraction of sp³-hybridized carbons (Fsp3) is 0.478. The first-order chi connectivity index (χ1) is 16.0. The van der Waals surface area contributed by atoms with Gasteiger partial charge in [0.1, 0.15) is 11.5 Å². The van der Waals surface area contributed by atoms with Crippen LogP contribution in [-0.4, -0.2) is 30.8 Å². The van der Waals surface area contributed by atoms with Crippen molar-refractivity contribution >= 4 is 29.2 Å². The van der Waals surface area contributed by atoms with E-state index in [2.05, 4.69) is 10.1 Å². The highest BCUT2D eigenvalue weighted by atomic mass is 32.2. The van der Waals surface area contributed by atoms with Gasteiger partial charge in [-0.05, 0) is 53.6 Å². The second kappa shape index (κ2) is 11.7. The molecule has 0 fully saturated rings. The van der Waals surface area contributed by atoms with Crippen LogP contribution in [0.5, 0.6) is 11.5 Å². The maximum atomic E-state index is 12.9. The van der Waals surface area contributed by atoms with Crippen molar-refractivity contribution in [2.24, 2.45) is 0 Å². The third-order valence-electron chi connectivity index (χ3n) is 5.34. The normalized spacial score (nSPS) is 16.7. The molecule has 1 N–H and O–H groups in total. The summed E-state index contributed by atoms with van der Waals surface area (Å²) in [5, 5.41) is 3.32. The van der Waals surface area contributed by atoms with Gasteiger partial charge in [0, 0.05) is 27.7 Å². The van der Waals surface area contributed by atoms with Crippen molar-refractivity contribution in [3.8, 4) is 11.5 Å². The monoisotopic (exact) mass is 525 g/mol. The van der Waals surface area contributed by atoms with E-state index in [4.69, 9.17) is 4.74 Å².